The molecule has 0 atom stereocenters. The lowest BCUT2D eigenvalue weighted by atomic mass is 9.99. The molecular weight excluding hydrogens is 297 g/mol. The van der Waals surface area contributed by atoms with Crippen LogP contribution in [0.25, 0.3) is 17.0 Å². The molecule has 0 amide bonds. The zero-order chi connectivity index (χ0) is 15.7. The first kappa shape index (κ1) is 14.7. The molecule has 8 heteroatoms. The van der Waals surface area contributed by atoms with Crippen molar-refractivity contribution in [1.82, 2.24) is 20.2 Å². The van der Waals surface area contributed by atoms with E-state index in [1.807, 2.05) is 13.0 Å². The van der Waals surface area contributed by atoms with Gasteiger partial charge in [0, 0.05) is 17.5 Å². The van der Waals surface area contributed by atoms with Crippen molar-refractivity contribution < 1.29 is 17.9 Å². The van der Waals surface area contributed by atoms with E-state index in [-0.39, 0.29) is 5.82 Å². The van der Waals surface area contributed by atoms with Gasteiger partial charge in [0.1, 0.15) is 0 Å². The van der Waals surface area contributed by atoms with Gasteiger partial charge in [-0.15, -0.1) is 10.2 Å². The molecule has 0 aromatic carbocycles. The van der Waals surface area contributed by atoms with Crippen LogP contribution in [0, 0.1) is 6.92 Å². The zero-order valence-electron chi connectivity index (χ0n) is 11.7. The van der Waals surface area contributed by atoms with Gasteiger partial charge in [0.25, 0.3) is 0 Å². The molecule has 0 unspecified atom stereocenters. The topological polar surface area (TPSA) is 63.7 Å². The number of nitrogens with zero attached hydrogens (tertiary/aromatic N) is 3. The van der Waals surface area contributed by atoms with Crippen LogP contribution in [-0.2, 0) is 10.9 Å². The van der Waals surface area contributed by atoms with Crippen LogP contribution >= 0.6 is 0 Å². The summed E-state index contributed by atoms with van der Waals surface area (Å²) in [4.78, 5) is 6.44. The van der Waals surface area contributed by atoms with Crippen molar-refractivity contribution in [2.24, 2.45) is 0 Å². The Morgan fingerprint density at radius 2 is 2.09 bits per heavy atom. The highest BCUT2D eigenvalue weighted by Crippen LogP contribution is 2.29. The standard InChI is InChI=1S/C14H13F3N4O/c1-8-11(9-2-4-22-5-3-9)6-10(7-18-8)12-19-13(21-20-12)14(15,16)17/h2,6-7H,3-5H2,1H3,(H,19,20,21). The molecule has 0 bridgehead atoms. The Balaban J connectivity index is 1.98. The van der Waals surface area contributed by atoms with Crippen LogP contribution in [0.5, 0.6) is 0 Å². The number of hydrogen-bond acceptors (Lipinski definition) is 4. The summed E-state index contributed by atoms with van der Waals surface area (Å²) in [6.45, 7) is 3.01. The quantitative estimate of drug-likeness (QED) is 0.926. The molecule has 0 saturated carbocycles. The first-order chi connectivity index (χ1) is 10.4. The van der Waals surface area contributed by atoms with E-state index in [9.17, 15) is 13.2 Å². The molecule has 0 aliphatic carbocycles. The number of rotatable bonds is 2. The minimum absolute atomic E-state index is 0.0498. The number of halogens is 3. The van der Waals surface area contributed by atoms with Gasteiger partial charge in [0.15, 0.2) is 5.82 Å². The van der Waals surface area contributed by atoms with Gasteiger partial charge in [0.05, 0.1) is 13.2 Å². The van der Waals surface area contributed by atoms with Crippen LogP contribution in [0.1, 0.15) is 23.5 Å². The maximum atomic E-state index is 12.6. The summed E-state index contributed by atoms with van der Waals surface area (Å²) in [7, 11) is 0. The van der Waals surface area contributed by atoms with Gasteiger partial charge in [-0.05, 0) is 30.5 Å². The fraction of sp³-hybridized carbons (Fsp3) is 0.357. The van der Waals surface area contributed by atoms with Crippen molar-refractivity contribution in [1.29, 1.82) is 0 Å². The molecule has 0 fully saturated rings. The Hall–Kier alpha value is -2.22. The summed E-state index contributed by atoms with van der Waals surface area (Å²) < 4.78 is 43.0. The molecule has 0 radical (unpaired) electrons. The third-order valence-electron chi connectivity index (χ3n) is 3.42. The van der Waals surface area contributed by atoms with Gasteiger partial charge in [-0.1, -0.05) is 6.08 Å². The highest BCUT2D eigenvalue weighted by Gasteiger charge is 2.35. The van der Waals surface area contributed by atoms with E-state index in [1.165, 1.54) is 6.20 Å². The summed E-state index contributed by atoms with van der Waals surface area (Å²) in [5, 5.41) is 6.69. The normalized spacial score (nSPS) is 15.7. The van der Waals surface area contributed by atoms with Crippen molar-refractivity contribution in [3.05, 3.63) is 35.4 Å². The molecule has 1 aliphatic heterocycles. The SMILES string of the molecule is Cc1ncc(-c2nnc(C(F)(F)F)[nH]2)cc1C1=CCOCC1. The largest absolute Gasteiger partial charge is 0.451 e. The number of aromatic amines is 1. The van der Waals surface area contributed by atoms with Crippen molar-refractivity contribution in [2.75, 3.05) is 13.2 Å². The van der Waals surface area contributed by atoms with E-state index in [2.05, 4.69) is 20.2 Å². The maximum Gasteiger partial charge on any atom is 0.451 e. The zero-order valence-corrected chi connectivity index (χ0v) is 11.7. The van der Waals surface area contributed by atoms with Crippen LogP contribution in [0.4, 0.5) is 13.2 Å². The van der Waals surface area contributed by atoms with Crippen molar-refractivity contribution in [2.45, 2.75) is 19.5 Å². The van der Waals surface area contributed by atoms with Gasteiger partial charge in [-0.3, -0.25) is 4.98 Å². The predicted molar refractivity (Wildman–Crippen MR) is 72.8 cm³/mol. The molecule has 2 aromatic rings. The summed E-state index contributed by atoms with van der Waals surface area (Å²) in [5.74, 6) is -1.07. The number of H-pyrrole nitrogens is 1. The Morgan fingerprint density at radius 3 is 2.73 bits per heavy atom. The fourth-order valence-electron chi connectivity index (χ4n) is 2.28. The second kappa shape index (κ2) is 5.53. The number of aryl methyl sites for hydroxylation is 1. The van der Waals surface area contributed by atoms with Gasteiger partial charge < -0.3 is 9.72 Å². The average molecular weight is 310 g/mol. The third kappa shape index (κ3) is 2.87. The van der Waals surface area contributed by atoms with E-state index in [4.69, 9.17) is 4.74 Å². The Labute approximate surface area is 124 Å². The second-order valence-corrected chi connectivity index (χ2v) is 4.93. The van der Waals surface area contributed by atoms with Crippen LogP contribution in [-0.4, -0.2) is 33.4 Å². The summed E-state index contributed by atoms with van der Waals surface area (Å²) in [6, 6.07) is 1.78. The lowest BCUT2D eigenvalue weighted by Crippen LogP contribution is -2.07. The highest BCUT2D eigenvalue weighted by atomic mass is 19.4. The van der Waals surface area contributed by atoms with Crippen molar-refractivity contribution >= 4 is 5.57 Å². The van der Waals surface area contributed by atoms with Crippen LogP contribution in [0.3, 0.4) is 0 Å². The van der Waals surface area contributed by atoms with Gasteiger partial charge in [-0.2, -0.15) is 13.2 Å². The second-order valence-electron chi connectivity index (χ2n) is 4.93. The van der Waals surface area contributed by atoms with E-state index in [1.54, 1.807) is 6.07 Å². The van der Waals surface area contributed by atoms with Crippen molar-refractivity contribution in [3.8, 4) is 11.4 Å². The van der Waals surface area contributed by atoms with Crippen LogP contribution in [0.2, 0.25) is 0 Å². The molecule has 2 aromatic heterocycles. The summed E-state index contributed by atoms with van der Waals surface area (Å²) in [5.41, 5.74) is 3.25. The first-order valence-corrected chi connectivity index (χ1v) is 6.69. The van der Waals surface area contributed by atoms with E-state index < -0.39 is 12.0 Å². The van der Waals surface area contributed by atoms with E-state index >= 15 is 0 Å². The molecule has 22 heavy (non-hydrogen) atoms. The smallest absolute Gasteiger partial charge is 0.377 e. The Kier molecular flexibility index (Phi) is 3.69. The molecule has 3 heterocycles. The number of hydrogen-bond donors (Lipinski definition) is 1. The molecule has 116 valence electrons. The maximum absolute atomic E-state index is 12.6. The lowest BCUT2D eigenvalue weighted by molar-refractivity contribution is -0.144. The van der Waals surface area contributed by atoms with E-state index in [0.717, 1.165) is 23.3 Å². The van der Waals surface area contributed by atoms with Gasteiger partial charge in [0.2, 0.25) is 5.82 Å². The average Bonchev–Trinajstić information content (AvgIpc) is 2.99. The summed E-state index contributed by atoms with van der Waals surface area (Å²) >= 11 is 0. The van der Waals surface area contributed by atoms with Crippen LogP contribution in [0.15, 0.2) is 18.3 Å². The summed E-state index contributed by atoms with van der Waals surface area (Å²) in [6.07, 6.45) is -0.357. The Morgan fingerprint density at radius 1 is 1.27 bits per heavy atom. The predicted octanol–water partition coefficient (Wildman–Crippen LogP) is 3.00. The fourth-order valence-corrected chi connectivity index (χ4v) is 2.28. The number of ether oxygens (including phenoxy) is 1. The minimum atomic E-state index is -4.55. The molecule has 0 spiro atoms. The molecule has 3 rings (SSSR count). The number of alkyl halides is 3. The molecular formula is C14H13F3N4O. The number of nitrogens with one attached hydrogen (secondary N) is 1. The molecule has 1 aliphatic rings. The van der Waals surface area contributed by atoms with Crippen LogP contribution < -0.4 is 0 Å². The minimum Gasteiger partial charge on any atom is -0.377 e. The molecule has 1 N–H and O–H groups in total. The van der Waals surface area contributed by atoms with Gasteiger partial charge >= 0.3 is 6.18 Å². The Bertz CT molecular complexity index is 721. The number of aromatic nitrogens is 4. The molecule has 0 saturated heterocycles. The number of pyridine rings is 1. The molecule has 5 nitrogen and oxygen atoms in total. The van der Waals surface area contributed by atoms with E-state index in [0.29, 0.717) is 18.8 Å². The first-order valence-electron chi connectivity index (χ1n) is 6.69. The monoisotopic (exact) mass is 310 g/mol. The lowest BCUT2D eigenvalue weighted by Gasteiger charge is -2.15. The van der Waals surface area contributed by atoms with Crippen molar-refractivity contribution in [3.63, 3.8) is 0 Å². The third-order valence-corrected chi connectivity index (χ3v) is 3.42. The van der Waals surface area contributed by atoms with Gasteiger partial charge in [-0.25, -0.2) is 0 Å². The highest BCUT2D eigenvalue weighted by molar-refractivity contribution is 5.71.